The lowest BCUT2D eigenvalue weighted by Crippen LogP contribution is -2.51. The lowest BCUT2D eigenvalue weighted by atomic mass is 10.2. The average molecular weight is 468 g/mol. The highest BCUT2D eigenvalue weighted by atomic mass is 32.1. The largest absolute Gasteiger partial charge is 0.372 e. The van der Waals surface area contributed by atoms with Crippen LogP contribution in [-0.2, 0) is 9.59 Å². The number of anilines is 1. The Labute approximate surface area is 191 Å². The van der Waals surface area contributed by atoms with Crippen LogP contribution in [0, 0.1) is 0 Å². The maximum atomic E-state index is 12.0. The molecule has 2 fully saturated rings. The number of amides is 2. The highest BCUT2D eigenvalue weighted by molar-refractivity contribution is 7.80. The number of hydrogen-bond donors (Lipinski definition) is 2. The second-order valence-electron chi connectivity index (χ2n) is 7.17. The molecule has 2 N–H and O–H groups in total. The van der Waals surface area contributed by atoms with Gasteiger partial charge in [-0.3, -0.25) is 20.2 Å². The van der Waals surface area contributed by atoms with Crippen molar-refractivity contribution in [2.75, 3.05) is 18.0 Å². The maximum absolute atomic E-state index is 12.0. The smallest absolute Gasteiger partial charge is 0.263 e. The van der Waals surface area contributed by atoms with E-state index in [4.69, 9.17) is 12.2 Å². The van der Waals surface area contributed by atoms with Crippen LogP contribution in [0.15, 0.2) is 52.2 Å². The first-order valence-electron chi connectivity index (χ1n) is 9.74. The zero-order chi connectivity index (χ0) is 21.4. The van der Waals surface area contributed by atoms with Gasteiger partial charge in [-0.25, -0.2) is 0 Å². The van der Waals surface area contributed by atoms with Gasteiger partial charge in [-0.2, -0.15) is 0 Å². The Morgan fingerprint density at radius 1 is 0.935 bits per heavy atom. The molecule has 0 bridgehead atoms. The molecule has 2 aliphatic rings. The molecule has 5 rings (SSSR count). The van der Waals surface area contributed by atoms with Gasteiger partial charge in [-0.15, -0.1) is 32.9 Å². The van der Waals surface area contributed by atoms with Gasteiger partial charge in [0.2, 0.25) is 0 Å². The number of hydrogen-bond acceptors (Lipinski definition) is 8. The van der Waals surface area contributed by atoms with Crippen LogP contribution in [0.3, 0.4) is 0 Å². The molecule has 2 saturated heterocycles. The predicted octanol–water partition coefficient (Wildman–Crippen LogP) is 4.89. The van der Waals surface area contributed by atoms with Crippen LogP contribution in [0.2, 0.25) is 0 Å². The summed E-state index contributed by atoms with van der Waals surface area (Å²) < 4.78 is 2.06. The second kappa shape index (κ2) is 8.29. The fraction of sp³-hybridized carbons (Fsp3) is 0.190. The fourth-order valence-electron chi connectivity index (χ4n) is 3.52. The zero-order valence-electron chi connectivity index (χ0n) is 16.3. The molecule has 0 unspecified atom stereocenters. The molecule has 0 atom stereocenters. The molecular weight excluding hydrogens is 450 g/mol. The number of carbonyl (C=O) groups is 2. The fourth-order valence-corrected chi connectivity index (χ4v) is 5.87. The minimum absolute atomic E-state index is 0.0278. The first kappa shape index (κ1) is 20.0. The zero-order valence-corrected chi connectivity index (χ0v) is 18.7. The molecule has 10 heteroatoms. The van der Waals surface area contributed by atoms with Crippen molar-refractivity contribution in [1.82, 2.24) is 10.6 Å². The molecule has 0 radical (unpaired) electrons. The molecule has 31 heavy (non-hydrogen) atoms. The molecule has 0 spiro atoms. The first-order chi connectivity index (χ1) is 15.0. The van der Waals surface area contributed by atoms with Crippen molar-refractivity contribution >= 4 is 83.7 Å². The van der Waals surface area contributed by atoms with Crippen molar-refractivity contribution in [3.05, 3.63) is 46.8 Å². The average Bonchev–Trinajstić information content (AvgIpc) is 3.46. The monoisotopic (exact) mass is 467 g/mol. The number of nitrogens with one attached hydrogen (secondary N) is 2. The van der Waals surface area contributed by atoms with Crippen molar-refractivity contribution in [3.63, 3.8) is 0 Å². The molecule has 2 aromatic heterocycles. The molecule has 0 aliphatic carbocycles. The van der Waals surface area contributed by atoms with Gasteiger partial charge in [0.05, 0.1) is 5.69 Å². The minimum Gasteiger partial charge on any atom is -0.372 e. The number of nitrogens with zero attached hydrogens (tertiary/aromatic N) is 3. The Balaban J connectivity index is 1.30. The summed E-state index contributed by atoms with van der Waals surface area (Å²) in [6.07, 6.45) is 4.08. The summed E-state index contributed by atoms with van der Waals surface area (Å²) in [6.45, 7) is 2.24. The molecule has 2 amide bonds. The molecule has 0 saturated carbocycles. The Morgan fingerprint density at radius 2 is 1.61 bits per heavy atom. The second-order valence-corrected chi connectivity index (χ2v) is 9.75. The highest BCUT2D eigenvalue weighted by Crippen LogP contribution is 2.39. The highest BCUT2D eigenvalue weighted by Gasteiger charge is 2.26. The van der Waals surface area contributed by atoms with Gasteiger partial charge in [0.25, 0.3) is 11.8 Å². The summed E-state index contributed by atoms with van der Waals surface area (Å²) in [4.78, 5) is 27.2. The summed E-state index contributed by atoms with van der Waals surface area (Å²) in [6, 6.07) is 12.1. The number of fused-ring (bicyclic) bond motifs is 1. The standard InChI is InChI=1S/C21H17N5O2S3/c27-19-15(20(28)23-21(29)22-19)9-14-10-16-17(30-14)11-18(31-16)25-24-12-3-5-13(6-4-12)26-7-1-2-8-26/h3-6,9-11H,1-2,7-8H2,(H2,22,23,27,28,29)/b25-24+. The van der Waals surface area contributed by atoms with E-state index in [1.807, 2.05) is 24.3 Å². The molecule has 7 nitrogen and oxygen atoms in total. The van der Waals surface area contributed by atoms with E-state index in [0.29, 0.717) is 0 Å². The van der Waals surface area contributed by atoms with E-state index in [1.54, 1.807) is 6.08 Å². The summed E-state index contributed by atoms with van der Waals surface area (Å²) in [7, 11) is 0. The van der Waals surface area contributed by atoms with Crippen LogP contribution in [-0.4, -0.2) is 30.0 Å². The van der Waals surface area contributed by atoms with Gasteiger partial charge in [0, 0.05) is 33.1 Å². The van der Waals surface area contributed by atoms with Crippen LogP contribution >= 0.6 is 34.9 Å². The summed E-state index contributed by atoms with van der Waals surface area (Å²) in [5.41, 5.74) is 2.09. The maximum Gasteiger partial charge on any atom is 0.263 e. The van der Waals surface area contributed by atoms with Gasteiger partial charge in [-0.05, 0) is 67.5 Å². The third-order valence-electron chi connectivity index (χ3n) is 5.03. The van der Waals surface area contributed by atoms with Gasteiger partial charge < -0.3 is 4.90 Å². The van der Waals surface area contributed by atoms with Crippen molar-refractivity contribution in [3.8, 4) is 0 Å². The summed E-state index contributed by atoms with van der Waals surface area (Å²) >= 11 is 7.82. The van der Waals surface area contributed by atoms with Crippen LogP contribution in [0.1, 0.15) is 17.7 Å². The van der Waals surface area contributed by atoms with Crippen LogP contribution in [0.25, 0.3) is 15.5 Å². The van der Waals surface area contributed by atoms with Gasteiger partial charge in [0.15, 0.2) is 5.11 Å². The third kappa shape index (κ3) is 4.27. The number of thiophene rings is 2. The van der Waals surface area contributed by atoms with E-state index in [2.05, 4.69) is 37.9 Å². The van der Waals surface area contributed by atoms with E-state index in [9.17, 15) is 9.59 Å². The Morgan fingerprint density at radius 3 is 2.29 bits per heavy atom. The van der Waals surface area contributed by atoms with Crippen LogP contribution in [0.5, 0.6) is 0 Å². The molecule has 156 valence electrons. The Bertz CT molecular complexity index is 1200. The van der Waals surface area contributed by atoms with Gasteiger partial charge >= 0.3 is 0 Å². The molecule has 2 aliphatic heterocycles. The first-order valence-corrected chi connectivity index (χ1v) is 11.8. The van der Waals surface area contributed by atoms with Crippen molar-refractivity contribution in [2.24, 2.45) is 10.2 Å². The van der Waals surface area contributed by atoms with Crippen molar-refractivity contribution in [2.45, 2.75) is 12.8 Å². The SMILES string of the molecule is O=C1NC(=S)NC(=O)C1=Cc1cc2sc(/N=N/c3ccc(N4CCCC4)cc3)cc2s1. The number of benzene rings is 1. The summed E-state index contributed by atoms with van der Waals surface area (Å²) in [5.74, 6) is -0.980. The van der Waals surface area contributed by atoms with E-state index in [-0.39, 0.29) is 10.7 Å². The quantitative estimate of drug-likeness (QED) is 0.248. The van der Waals surface area contributed by atoms with Crippen LogP contribution in [0.4, 0.5) is 16.4 Å². The van der Waals surface area contributed by atoms with Crippen LogP contribution < -0.4 is 15.5 Å². The van der Waals surface area contributed by atoms with E-state index in [1.165, 1.54) is 41.2 Å². The Hall–Kier alpha value is -2.95. The van der Waals surface area contributed by atoms with E-state index >= 15 is 0 Å². The van der Waals surface area contributed by atoms with Gasteiger partial charge in [-0.1, -0.05) is 0 Å². The van der Waals surface area contributed by atoms with Gasteiger partial charge in [0.1, 0.15) is 10.6 Å². The molecule has 4 heterocycles. The number of azo groups is 1. The predicted molar refractivity (Wildman–Crippen MR) is 129 cm³/mol. The van der Waals surface area contributed by atoms with E-state index < -0.39 is 11.8 Å². The topological polar surface area (TPSA) is 86.2 Å². The third-order valence-corrected chi connectivity index (χ3v) is 7.36. The normalized spacial score (nSPS) is 17.0. The lowest BCUT2D eigenvalue weighted by Gasteiger charge is -2.17. The number of carbonyl (C=O) groups excluding carboxylic acids is 2. The molecule has 1 aromatic carbocycles. The lowest BCUT2D eigenvalue weighted by molar-refractivity contribution is -0.123. The minimum atomic E-state index is -0.490. The number of rotatable bonds is 4. The Kier molecular flexibility index (Phi) is 5.34. The number of thiocarbonyl (C=S) groups is 1. The van der Waals surface area contributed by atoms with Crippen molar-refractivity contribution < 1.29 is 9.59 Å². The molecular formula is C21H17N5O2S3. The van der Waals surface area contributed by atoms with E-state index in [0.717, 1.165) is 38.1 Å². The molecule has 3 aromatic rings. The summed E-state index contributed by atoms with van der Waals surface area (Å²) in [5, 5.41) is 14.4. The van der Waals surface area contributed by atoms with Crippen molar-refractivity contribution in [1.29, 1.82) is 0 Å².